The maximum Gasteiger partial charge on any atom is 0.265 e. The minimum absolute atomic E-state index is 0.0141. The summed E-state index contributed by atoms with van der Waals surface area (Å²) in [6.45, 7) is 3.86. The lowest BCUT2D eigenvalue weighted by molar-refractivity contribution is -0.120. The smallest absolute Gasteiger partial charge is 0.265 e. The second kappa shape index (κ2) is 6.87. The standard InChI is InChI=1S/C20H21NO3/c1-3-19(22)15-8-10-17(11-9-15)24-13-20(23)21-14(2)12-16-6-4-5-7-18(16)21/h4-11,14H,3,12-13H2,1-2H3. The summed E-state index contributed by atoms with van der Waals surface area (Å²) in [7, 11) is 0. The number of rotatable bonds is 5. The number of Topliss-reactive ketones (excluding diaryl/α,β-unsaturated/α-hetero) is 1. The number of nitrogens with zero attached hydrogens (tertiary/aromatic N) is 1. The van der Waals surface area contributed by atoms with Crippen LogP contribution >= 0.6 is 0 Å². The molecule has 1 atom stereocenters. The van der Waals surface area contributed by atoms with Gasteiger partial charge in [0.15, 0.2) is 12.4 Å². The summed E-state index contributed by atoms with van der Waals surface area (Å²) >= 11 is 0. The molecule has 0 spiro atoms. The maximum absolute atomic E-state index is 12.6. The van der Waals surface area contributed by atoms with Gasteiger partial charge in [0.05, 0.1) is 0 Å². The van der Waals surface area contributed by atoms with E-state index >= 15 is 0 Å². The van der Waals surface area contributed by atoms with Gasteiger partial charge in [0.2, 0.25) is 0 Å². The number of ether oxygens (including phenoxy) is 1. The van der Waals surface area contributed by atoms with Crippen LogP contribution in [0.3, 0.4) is 0 Å². The first-order valence-corrected chi connectivity index (χ1v) is 8.26. The molecule has 0 N–H and O–H groups in total. The van der Waals surface area contributed by atoms with Crippen LogP contribution in [0.15, 0.2) is 48.5 Å². The highest BCUT2D eigenvalue weighted by atomic mass is 16.5. The van der Waals surface area contributed by atoms with Crippen LogP contribution in [0.2, 0.25) is 0 Å². The lowest BCUT2D eigenvalue weighted by atomic mass is 10.1. The molecule has 0 radical (unpaired) electrons. The molecule has 0 fully saturated rings. The van der Waals surface area contributed by atoms with Crippen LogP contribution in [0.5, 0.6) is 5.75 Å². The van der Waals surface area contributed by atoms with Gasteiger partial charge in [-0.1, -0.05) is 25.1 Å². The van der Waals surface area contributed by atoms with Crippen LogP contribution in [0, 0.1) is 0 Å². The highest BCUT2D eigenvalue weighted by molar-refractivity contribution is 5.97. The van der Waals surface area contributed by atoms with E-state index in [0.717, 1.165) is 12.1 Å². The normalized spacial score (nSPS) is 15.9. The fourth-order valence-corrected chi connectivity index (χ4v) is 3.10. The van der Waals surface area contributed by atoms with Crippen LogP contribution in [0.1, 0.15) is 36.2 Å². The van der Waals surface area contributed by atoms with Crippen molar-refractivity contribution in [3.05, 3.63) is 59.7 Å². The van der Waals surface area contributed by atoms with Crippen LogP contribution in [0.4, 0.5) is 5.69 Å². The summed E-state index contributed by atoms with van der Waals surface area (Å²) in [4.78, 5) is 26.0. The maximum atomic E-state index is 12.6. The number of fused-ring (bicyclic) bond motifs is 1. The van der Waals surface area contributed by atoms with Crippen molar-refractivity contribution in [3.8, 4) is 5.75 Å². The van der Waals surface area contributed by atoms with Gasteiger partial charge in [-0.3, -0.25) is 9.59 Å². The van der Waals surface area contributed by atoms with E-state index < -0.39 is 0 Å². The summed E-state index contributed by atoms with van der Waals surface area (Å²) in [5, 5.41) is 0. The van der Waals surface area contributed by atoms with Gasteiger partial charge in [-0.25, -0.2) is 0 Å². The Morgan fingerprint density at radius 3 is 2.54 bits per heavy atom. The minimum atomic E-state index is -0.0545. The van der Waals surface area contributed by atoms with Gasteiger partial charge in [0.25, 0.3) is 5.91 Å². The van der Waals surface area contributed by atoms with Crippen LogP contribution in [-0.2, 0) is 11.2 Å². The van der Waals surface area contributed by atoms with E-state index in [4.69, 9.17) is 4.74 Å². The van der Waals surface area contributed by atoms with Gasteiger partial charge >= 0.3 is 0 Å². The Kier molecular flexibility index (Phi) is 4.65. The molecule has 4 nitrogen and oxygen atoms in total. The van der Waals surface area contributed by atoms with E-state index in [1.54, 1.807) is 24.3 Å². The number of hydrogen-bond donors (Lipinski definition) is 0. The summed E-state index contributed by atoms with van der Waals surface area (Å²) in [6.07, 6.45) is 1.35. The molecule has 0 bridgehead atoms. The molecule has 0 aliphatic carbocycles. The molecule has 1 aliphatic rings. The monoisotopic (exact) mass is 323 g/mol. The van der Waals surface area contributed by atoms with Gasteiger partial charge in [0.1, 0.15) is 5.75 Å². The van der Waals surface area contributed by atoms with Crippen molar-refractivity contribution in [3.63, 3.8) is 0 Å². The number of ketones is 1. The lowest BCUT2D eigenvalue weighted by Crippen LogP contribution is -2.39. The third kappa shape index (κ3) is 3.18. The second-order valence-corrected chi connectivity index (χ2v) is 6.04. The quantitative estimate of drug-likeness (QED) is 0.789. The Bertz CT molecular complexity index is 752. The van der Waals surface area contributed by atoms with Gasteiger partial charge in [-0.2, -0.15) is 0 Å². The zero-order valence-electron chi connectivity index (χ0n) is 14.0. The van der Waals surface area contributed by atoms with E-state index in [-0.39, 0.29) is 24.3 Å². The van der Waals surface area contributed by atoms with Crippen molar-refractivity contribution in [2.45, 2.75) is 32.7 Å². The van der Waals surface area contributed by atoms with E-state index in [1.165, 1.54) is 5.56 Å². The van der Waals surface area contributed by atoms with Gasteiger partial charge in [0, 0.05) is 23.7 Å². The molecular weight excluding hydrogens is 302 g/mol. The van der Waals surface area contributed by atoms with Crippen molar-refractivity contribution in [2.24, 2.45) is 0 Å². The van der Waals surface area contributed by atoms with Crippen molar-refractivity contribution in [1.82, 2.24) is 0 Å². The molecule has 124 valence electrons. The van der Waals surface area contributed by atoms with Crippen LogP contribution < -0.4 is 9.64 Å². The predicted molar refractivity (Wildman–Crippen MR) is 93.7 cm³/mol. The molecule has 3 rings (SSSR count). The average molecular weight is 323 g/mol. The number of anilines is 1. The molecule has 1 amide bonds. The summed E-state index contributed by atoms with van der Waals surface area (Å²) in [5.41, 5.74) is 2.83. The van der Waals surface area contributed by atoms with E-state index in [2.05, 4.69) is 6.07 Å². The highest BCUT2D eigenvalue weighted by Gasteiger charge is 2.30. The molecule has 2 aromatic rings. The molecule has 1 unspecified atom stereocenters. The molecular formula is C20H21NO3. The van der Waals surface area contributed by atoms with Crippen molar-refractivity contribution >= 4 is 17.4 Å². The average Bonchev–Trinajstić information content (AvgIpc) is 2.95. The van der Waals surface area contributed by atoms with Gasteiger partial charge < -0.3 is 9.64 Å². The molecule has 0 aromatic heterocycles. The fourth-order valence-electron chi connectivity index (χ4n) is 3.10. The zero-order valence-corrected chi connectivity index (χ0v) is 14.0. The molecule has 2 aromatic carbocycles. The number of amides is 1. The van der Waals surface area contributed by atoms with Gasteiger partial charge in [-0.15, -0.1) is 0 Å². The number of benzene rings is 2. The Labute approximate surface area is 142 Å². The SMILES string of the molecule is CCC(=O)c1ccc(OCC(=O)N2c3ccccc3CC2C)cc1. The highest BCUT2D eigenvalue weighted by Crippen LogP contribution is 2.31. The third-order valence-corrected chi connectivity index (χ3v) is 4.34. The summed E-state index contributed by atoms with van der Waals surface area (Å²) in [5.74, 6) is 0.637. The van der Waals surface area contributed by atoms with E-state index in [0.29, 0.717) is 17.7 Å². The van der Waals surface area contributed by atoms with Crippen LogP contribution in [0.25, 0.3) is 0 Å². The number of para-hydroxylation sites is 1. The fraction of sp³-hybridized carbons (Fsp3) is 0.300. The molecule has 1 heterocycles. The van der Waals surface area contributed by atoms with E-state index in [1.807, 2.05) is 36.9 Å². The first kappa shape index (κ1) is 16.2. The Morgan fingerprint density at radius 2 is 1.83 bits per heavy atom. The topological polar surface area (TPSA) is 46.6 Å². The Morgan fingerprint density at radius 1 is 1.12 bits per heavy atom. The largest absolute Gasteiger partial charge is 0.484 e. The third-order valence-electron chi connectivity index (χ3n) is 4.34. The van der Waals surface area contributed by atoms with Crippen molar-refractivity contribution < 1.29 is 14.3 Å². The second-order valence-electron chi connectivity index (χ2n) is 6.04. The summed E-state index contributed by atoms with van der Waals surface area (Å²) in [6, 6.07) is 15.1. The predicted octanol–water partition coefficient (Wildman–Crippen LogP) is 3.64. The van der Waals surface area contributed by atoms with Crippen LogP contribution in [-0.4, -0.2) is 24.3 Å². The molecule has 24 heavy (non-hydrogen) atoms. The molecule has 1 aliphatic heterocycles. The molecule has 0 saturated heterocycles. The molecule has 4 heteroatoms. The minimum Gasteiger partial charge on any atom is -0.484 e. The van der Waals surface area contributed by atoms with Crippen molar-refractivity contribution in [1.29, 1.82) is 0 Å². The summed E-state index contributed by atoms with van der Waals surface area (Å²) < 4.78 is 5.61. The zero-order chi connectivity index (χ0) is 17.1. The number of carbonyl (C=O) groups is 2. The first-order chi connectivity index (χ1) is 11.6. The first-order valence-electron chi connectivity index (χ1n) is 8.26. The Balaban J connectivity index is 1.65. The Hall–Kier alpha value is -2.62. The van der Waals surface area contributed by atoms with Gasteiger partial charge in [-0.05, 0) is 49.2 Å². The van der Waals surface area contributed by atoms with E-state index in [9.17, 15) is 9.59 Å². The number of hydrogen-bond acceptors (Lipinski definition) is 3. The van der Waals surface area contributed by atoms with Crippen molar-refractivity contribution in [2.75, 3.05) is 11.5 Å². The lowest BCUT2D eigenvalue weighted by Gasteiger charge is -2.22. The molecule has 0 saturated carbocycles. The number of carbonyl (C=O) groups excluding carboxylic acids is 2.